The fraction of sp³-hybridized carbons (Fsp3) is 0.652. The Morgan fingerprint density at radius 2 is 2.00 bits per heavy atom. The number of hydrogen-bond acceptors (Lipinski definition) is 4. The number of guanidine groups is 1. The Morgan fingerprint density at radius 3 is 2.68 bits per heavy atom. The molecule has 8 heteroatoms. The molecule has 174 valence electrons. The lowest BCUT2D eigenvalue weighted by Crippen LogP contribution is -2.50. The minimum absolute atomic E-state index is 0. The number of morpholine rings is 1. The zero-order chi connectivity index (χ0) is 21.3. The average molecular weight is 543 g/mol. The highest BCUT2D eigenvalue weighted by Gasteiger charge is 2.22. The zero-order valence-electron chi connectivity index (χ0n) is 19.1. The number of nitrogens with one attached hydrogen (secondary N) is 2. The van der Waals surface area contributed by atoms with E-state index in [9.17, 15) is 4.79 Å². The molecular formula is C23H38IN5O2. The highest BCUT2D eigenvalue weighted by Crippen LogP contribution is 2.17. The van der Waals surface area contributed by atoms with Crippen molar-refractivity contribution in [1.29, 1.82) is 0 Å². The Kier molecular flexibility index (Phi) is 11.0. The maximum atomic E-state index is 12.0. The van der Waals surface area contributed by atoms with Gasteiger partial charge in [-0.05, 0) is 23.5 Å². The SMILES string of the molecule is CN=C(NCc1ccccc1CN1CCCC1=O)NCC1CN(CC(C)C)CCO1.I. The largest absolute Gasteiger partial charge is 0.374 e. The van der Waals surface area contributed by atoms with Gasteiger partial charge in [-0.1, -0.05) is 38.1 Å². The molecule has 2 fully saturated rings. The molecule has 2 aliphatic heterocycles. The summed E-state index contributed by atoms with van der Waals surface area (Å²) in [7, 11) is 1.79. The molecule has 2 saturated heterocycles. The molecule has 7 nitrogen and oxygen atoms in total. The van der Waals surface area contributed by atoms with Crippen molar-refractivity contribution in [3.05, 3.63) is 35.4 Å². The molecule has 0 radical (unpaired) electrons. The van der Waals surface area contributed by atoms with Crippen LogP contribution in [-0.2, 0) is 22.6 Å². The van der Waals surface area contributed by atoms with Crippen LogP contribution < -0.4 is 10.6 Å². The van der Waals surface area contributed by atoms with Crippen molar-refractivity contribution in [2.75, 3.05) is 46.4 Å². The molecule has 0 aliphatic carbocycles. The maximum Gasteiger partial charge on any atom is 0.222 e. The summed E-state index contributed by atoms with van der Waals surface area (Å²) in [6.45, 7) is 11.3. The van der Waals surface area contributed by atoms with Gasteiger partial charge in [-0.15, -0.1) is 24.0 Å². The van der Waals surface area contributed by atoms with Gasteiger partial charge < -0.3 is 20.3 Å². The van der Waals surface area contributed by atoms with Crippen LogP contribution in [0.2, 0.25) is 0 Å². The number of halogens is 1. The van der Waals surface area contributed by atoms with E-state index in [2.05, 4.69) is 46.5 Å². The Hall–Kier alpha value is -1.39. The summed E-state index contributed by atoms with van der Waals surface area (Å²) in [5.41, 5.74) is 2.38. The van der Waals surface area contributed by atoms with Crippen LogP contribution in [-0.4, -0.2) is 74.1 Å². The number of carbonyl (C=O) groups excluding carboxylic acids is 1. The van der Waals surface area contributed by atoms with E-state index in [0.717, 1.165) is 51.7 Å². The zero-order valence-corrected chi connectivity index (χ0v) is 21.4. The van der Waals surface area contributed by atoms with E-state index in [1.165, 1.54) is 11.1 Å². The fourth-order valence-corrected chi connectivity index (χ4v) is 4.16. The van der Waals surface area contributed by atoms with Gasteiger partial charge in [-0.25, -0.2) is 0 Å². The van der Waals surface area contributed by atoms with E-state index in [1.807, 2.05) is 17.0 Å². The molecule has 2 aliphatic rings. The third-order valence-electron chi connectivity index (χ3n) is 5.66. The van der Waals surface area contributed by atoms with E-state index in [1.54, 1.807) is 7.05 Å². The first kappa shape index (κ1) is 25.9. The van der Waals surface area contributed by atoms with Gasteiger partial charge in [0.05, 0.1) is 12.7 Å². The van der Waals surface area contributed by atoms with Gasteiger partial charge in [0.2, 0.25) is 5.91 Å². The Morgan fingerprint density at radius 1 is 1.23 bits per heavy atom. The molecule has 2 heterocycles. The molecule has 0 spiro atoms. The monoisotopic (exact) mass is 543 g/mol. The molecule has 1 unspecified atom stereocenters. The van der Waals surface area contributed by atoms with Crippen LogP contribution in [0.4, 0.5) is 0 Å². The van der Waals surface area contributed by atoms with Gasteiger partial charge in [0.15, 0.2) is 5.96 Å². The molecule has 0 bridgehead atoms. The quantitative estimate of drug-likeness (QED) is 0.300. The van der Waals surface area contributed by atoms with Crippen molar-refractivity contribution in [2.45, 2.75) is 45.9 Å². The van der Waals surface area contributed by atoms with E-state index in [4.69, 9.17) is 4.74 Å². The van der Waals surface area contributed by atoms with Crippen molar-refractivity contribution in [1.82, 2.24) is 20.4 Å². The second-order valence-electron chi connectivity index (χ2n) is 8.64. The van der Waals surface area contributed by atoms with Crippen LogP contribution in [0.1, 0.15) is 37.8 Å². The van der Waals surface area contributed by atoms with Crippen molar-refractivity contribution < 1.29 is 9.53 Å². The summed E-state index contributed by atoms with van der Waals surface area (Å²) in [6.07, 6.45) is 1.81. The molecule has 31 heavy (non-hydrogen) atoms. The van der Waals surface area contributed by atoms with Crippen molar-refractivity contribution in [3.63, 3.8) is 0 Å². The fourth-order valence-electron chi connectivity index (χ4n) is 4.16. The minimum Gasteiger partial charge on any atom is -0.374 e. The number of rotatable bonds is 8. The van der Waals surface area contributed by atoms with Crippen LogP contribution >= 0.6 is 24.0 Å². The van der Waals surface area contributed by atoms with Crippen LogP contribution in [0.3, 0.4) is 0 Å². The van der Waals surface area contributed by atoms with Crippen LogP contribution in [0, 0.1) is 5.92 Å². The van der Waals surface area contributed by atoms with Crippen LogP contribution in [0.15, 0.2) is 29.3 Å². The number of likely N-dealkylation sites (tertiary alicyclic amines) is 1. The van der Waals surface area contributed by atoms with E-state index >= 15 is 0 Å². The third kappa shape index (κ3) is 8.23. The number of benzene rings is 1. The molecule has 1 aromatic carbocycles. The molecule has 0 aromatic heterocycles. The molecule has 3 rings (SSSR count). The van der Waals surface area contributed by atoms with Gasteiger partial charge >= 0.3 is 0 Å². The predicted octanol–water partition coefficient (Wildman–Crippen LogP) is 2.45. The third-order valence-corrected chi connectivity index (χ3v) is 5.66. The first-order valence-electron chi connectivity index (χ1n) is 11.2. The number of carbonyl (C=O) groups is 1. The van der Waals surface area contributed by atoms with Gasteiger partial charge in [-0.2, -0.15) is 0 Å². The molecular weight excluding hydrogens is 505 g/mol. The standard InChI is InChI=1S/C23H37N5O2.HI/c1-18(2)15-27-11-12-30-21(17-27)14-26-23(24-3)25-13-19-7-4-5-8-20(19)16-28-10-6-9-22(28)29;/h4-5,7-8,18,21H,6,9-17H2,1-3H3,(H2,24,25,26);1H. The van der Waals surface area contributed by atoms with Gasteiger partial charge in [0.1, 0.15) is 0 Å². The summed E-state index contributed by atoms with van der Waals surface area (Å²) in [6, 6.07) is 8.31. The molecule has 1 aromatic rings. The first-order chi connectivity index (χ1) is 14.5. The Balaban J connectivity index is 0.00000341. The molecule has 0 saturated carbocycles. The average Bonchev–Trinajstić information content (AvgIpc) is 3.13. The lowest BCUT2D eigenvalue weighted by molar-refractivity contribution is -0.128. The van der Waals surface area contributed by atoms with Crippen LogP contribution in [0.25, 0.3) is 0 Å². The van der Waals surface area contributed by atoms with Crippen molar-refractivity contribution in [3.8, 4) is 0 Å². The molecule has 1 atom stereocenters. The summed E-state index contributed by atoms with van der Waals surface area (Å²) in [4.78, 5) is 20.8. The Labute approximate surface area is 204 Å². The van der Waals surface area contributed by atoms with E-state index < -0.39 is 0 Å². The number of amides is 1. The normalized spacial score (nSPS) is 20.1. The second kappa shape index (κ2) is 13.2. The lowest BCUT2D eigenvalue weighted by atomic mass is 10.1. The number of ether oxygens (including phenoxy) is 1. The summed E-state index contributed by atoms with van der Waals surface area (Å²) >= 11 is 0. The second-order valence-corrected chi connectivity index (χ2v) is 8.64. The van der Waals surface area contributed by atoms with Gasteiger partial charge in [0, 0.05) is 59.3 Å². The number of hydrogen-bond donors (Lipinski definition) is 2. The first-order valence-corrected chi connectivity index (χ1v) is 11.2. The molecule has 1 amide bonds. The maximum absolute atomic E-state index is 12.0. The lowest BCUT2D eigenvalue weighted by Gasteiger charge is -2.34. The van der Waals surface area contributed by atoms with Gasteiger partial charge in [-0.3, -0.25) is 14.7 Å². The Bertz CT molecular complexity index is 728. The summed E-state index contributed by atoms with van der Waals surface area (Å²) < 4.78 is 5.93. The highest BCUT2D eigenvalue weighted by atomic mass is 127. The minimum atomic E-state index is 0. The predicted molar refractivity (Wildman–Crippen MR) is 136 cm³/mol. The summed E-state index contributed by atoms with van der Waals surface area (Å²) in [5, 5.41) is 6.82. The number of aliphatic imine (C=N–C) groups is 1. The topological polar surface area (TPSA) is 69.2 Å². The van der Waals surface area contributed by atoms with Gasteiger partial charge in [0.25, 0.3) is 0 Å². The highest BCUT2D eigenvalue weighted by molar-refractivity contribution is 14.0. The van der Waals surface area contributed by atoms with E-state index in [0.29, 0.717) is 25.4 Å². The van der Waals surface area contributed by atoms with Crippen LogP contribution in [0.5, 0.6) is 0 Å². The summed E-state index contributed by atoms with van der Waals surface area (Å²) in [5.74, 6) is 1.70. The smallest absolute Gasteiger partial charge is 0.222 e. The molecule has 2 N–H and O–H groups in total. The van der Waals surface area contributed by atoms with Crippen molar-refractivity contribution in [2.24, 2.45) is 10.9 Å². The van der Waals surface area contributed by atoms with E-state index in [-0.39, 0.29) is 36.0 Å². The number of nitrogens with zero attached hydrogens (tertiary/aromatic N) is 3. The van der Waals surface area contributed by atoms with Crippen molar-refractivity contribution >= 4 is 35.8 Å².